The van der Waals surface area contributed by atoms with E-state index in [-0.39, 0.29) is 18.4 Å². The van der Waals surface area contributed by atoms with E-state index in [0.717, 1.165) is 41.3 Å². The van der Waals surface area contributed by atoms with Crippen molar-refractivity contribution in [3.63, 3.8) is 0 Å². The van der Waals surface area contributed by atoms with E-state index in [1.54, 1.807) is 0 Å². The minimum absolute atomic E-state index is 0.0806. The van der Waals surface area contributed by atoms with Crippen LogP contribution in [0.15, 0.2) is 54.6 Å². The number of hydrogen-bond acceptors (Lipinski definition) is 5. The molecule has 3 aromatic carbocycles. The Labute approximate surface area is 205 Å². The van der Waals surface area contributed by atoms with Gasteiger partial charge in [-0.15, -0.1) is 0 Å². The molecule has 5 rings (SSSR count). The lowest BCUT2D eigenvalue weighted by Gasteiger charge is -2.28. The first kappa shape index (κ1) is 23.4. The zero-order valence-electron chi connectivity index (χ0n) is 20.2. The quantitative estimate of drug-likeness (QED) is 0.456. The molecule has 0 aromatic heterocycles. The molecule has 0 amide bonds. The number of nitrogens with one attached hydrogen (secondary N) is 1. The van der Waals surface area contributed by atoms with Gasteiger partial charge in [0.25, 0.3) is 0 Å². The van der Waals surface area contributed by atoms with E-state index in [9.17, 15) is 4.79 Å². The predicted octanol–water partition coefficient (Wildman–Crippen LogP) is 4.99. The summed E-state index contributed by atoms with van der Waals surface area (Å²) in [6, 6.07) is 18.7. The van der Waals surface area contributed by atoms with Crippen LogP contribution in [0.25, 0.3) is 11.1 Å². The maximum Gasteiger partial charge on any atom is 0.304 e. The number of carboxylic acids is 1. The number of ether oxygens (including phenoxy) is 3. The molecule has 6 nitrogen and oxygen atoms in total. The Hall–Kier alpha value is -3.35. The van der Waals surface area contributed by atoms with Crippen molar-refractivity contribution in [1.29, 1.82) is 0 Å². The minimum atomic E-state index is -0.804. The molecule has 35 heavy (non-hydrogen) atoms. The van der Waals surface area contributed by atoms with Crippen LogP contribution < -0.4 is 14.8 Å². The molecule has 2 N–H and O–H groups in total. The predicted molar refractivity (Wildman–Crippen MR) is 134 cm³/mol. The van der Waals surface area contributed by atoms with Crippen LogP contribution in [0.2, 0.25) is 0 Å². The van der Waals surface area contributed by atoms with Crippen LogP contribution in [0, 0.1) is 13.8 Å². The molecule has 1 fully saturated rings. The lowest BCUT2D eigenvalue weighted by atomic mass is 9.94. The topological polar surface area (TPSA) is 77.0 Å². The maximum atomic E-state index is 11.0. The van der Waals surface area contributed by atoms with Crippen molar-refractivity contribution in [2.24, 2.45) is 0 Å². The molecule has 2 aliphatic rings. The number of carbonyl (C=O) groups is 1. The molecular formula is C29H31NO5. The van der Waals surface area contributed by atoms with Crippen LogP contribution in [0.4, 0.5) is 0 Å². The highest BCUT2D eigenvalue weighted by atomic mass is 16.5. The second-order valence-electron chi connectivity index (χ2n) is 9.50. The fraction of sp³-hybridized carbons (Fsp3) is 0.345. The molecule has 2 heterocycles. The highest BCUT2D eigenvalue weighted by Crippen LogP contribution is 2.37. The van der Waals surface area contributed by atoms with E-state index in [0.29, 0.717) is 19.8 Å². The number of fused-ring (bicyclic) bond motifs is 1. The van der Waals surface area contributed by atoms with Gasteiger partial charge in [0.1, 0.15) is 17.6 Å². The Balaban J connectivity index is 1.22. The minimum Gasteiger partial charge on any atom is -0.493 e. The SMILES string of the molecule is Cc1cc(OC2CNC2)cc(C)c1-c1cccc(COCc2ccc3c(c2)OC[C@H]3CC(=O)O)c1. The fourth-order valence-corrected chi connectivity index (χ4v) is 4.88. The Morgan fingerprint density at radius 2 is 1.77 bits per heavy atom. The molecule has 0 bridgehead atoms. The van der Waals surface area contributed by atoms with Gasteiger partial charge >= 0.3 is 5.97 Å². The third kappa shape index (κ3) is 5.34. The summed E-state index contributed by atoms with van der Waals surface area (Å²) in [5.74, 6) is 0.818. The molecule has 0 radical (unpaired) electrons. The molecule has 1 saturated heterocycles. The highest BCUT2D eigenvalue weighted by Gasteiger charge is 2.26. The summed E-state index contributed by atoms with van der Waals surface area (Å²) in [6.07, 6.45) is 0.356. The van der Waals surface area contributed by atoms with Crippen LogP contribution in [-0.2, 0) is 22.7 Å². The van der Waals surface area contributed by atoms with Crippen molar-refractivity contribution in [1.82, 2.24) is 5.32 Å². The van der Waals surface area contributed by atoms with E-state index < -0.39 is 5.97 Å². The first-order chi connectivity index (χ1) is 17.0. The molecular weight excluding hydrogens is 442 g/mol. The zero-order valence-corrected chi connectivity index (χ0v) is 20.2. The monoisotopic (exact) mass is 473 g/mol. The van der Waals surface area contributed by atoms with Gasteiger partial charge in [0, 0.05) is 24.6 Å². The lowest BCUT2D eigenvalue weighted by Crippen LogP contribution is -2.50. The van der Waals surface area contributed by atoms with Gasteiger partial charge in [-0.3, -0.25) is 4.79 Å². The Morgan fingerprint density at radius 1 is 1.03 bits per heavy atom. The molecule has 2 aliphatic heterocycles. The summed E-state index contributed by atoms with van der Waals surface area (Å²) in [5.41, 5.74) is 7.90. The highest BCUT2D eigenvalue weighted by molar-refractivity contribution is 5.72. The van der Waals surface area contributed by atoms with Crippen molar-refractivity contribution in [3.05, 3.63) is 82.4 Å². The molecule has 3 aromatic rings. The molecule has 1 atom stereocenters. The number of aryl methyl sites for hydroxylation is 2. The molecule has 0 aliphatic carbocycles. The maximum absolute atomic E-state index is 11.0. The van der Waals surface area contributed by atoms with Gasteiger partial charge in [0.15, 0.2) is 0 Å². The van der Waals surface area contributed by atoms with Crippen LogP contribution in [0.3, 0.4) is 0 Å². The van der Waals surface area contributed by atoms with Gasteiger partial charge in [0.2, 0.25) is 0 Å². The first-order valence-electron chi connectivity index (χ1n) is 12.1. The van der Waals surface area contributed by atoms with E-state index in [1.165, 1.54) is 22.3 Å². The van der Waals surface area contributed by atoms with Crippen molar-refractivity contribution >= 4 is 5.97 Å². The lowest BCUT2D eigenvalue weighted by molar-refractivity contribution is -0.137. The van der Waals surface area contributed by atoms with E-state index in [2.05, 4.69) is 55.6 Å². The Morgan fingerprint density at radius 3 is 2.46 bits per heavy atom. The van der Waals surface area contributed by atoms with Crippen LogP contribution in [-0.4, -0.2) is 36.9 Å². The summed E-state index contributed by atoms with van der Waals surface area (Å²) < 4.78 is 17.8. The summed E-state index contributed by atoms with van der Waals surface area (Å²) in [4.78, 5) is 11.0. The molecule has 6 heteroatoms. The van der Waals surface area contributed by atoms with Gasteiger partial charge in [-0.25, -0.2) is 0 Å². The molecule has 0 unspecified atom stereocenters. The van der Waals surface area contributed by atoms with Gasteiger partial charge in [-0.05, 0) is 71.5 Å². The molecule has 182 valence electrons. The van der Waals surface area contributed by atoms with Crippen molar-refractivity contribution < 1.29 is 24.1 Å². The van der Waals surface area contributed by atoms with E-state index in [4.69, 9.17) is 19.3 Å². The molecule has 0 saturated carbocycles. The second kappa shape index (κ2) is 10.1. The van der Waals surface area contributed by atoms with Crippen molar-refractivity contribution in [2.45, 2.75) is 45.5 Å². The van der Waals surface area contributed by atoms with Gasteiger partial charge in [-0.1, -0.05) is 30.3 Å². The standard InChI is InChI=1S/C29H31NO5/c1-18-8-24(35-25-13-30-14-25)9-19(2)29(18)22-5-3-4-20(10-22)15-33-16-21-6-7-26-23(12-28(31)32)17-34-27(26)11-21/h3-11,23,25,30H,12-17H2,1-2H3,(H,31,32)/t23-/m1/s1. The number of benzene rings is 3. The van der Waals surface area contributed by atoms with Crippen LogP contribution >= 0.6 is 0 Å². The smallest absolute Gasteiger partial charge is 0.304 e. The summed E-state index contributed by atoms with van der Waals surface area (Å²) in [6.45, 7) is 7.47. The average molecular weight is 474 g/mol. The summed E-state index contributed by atoms with van der Waals surface area (Å²) >= 11 is 0. The Kier molecular flexibility index (Phi) is 6.75. The van der Waals surface area contributed by atoms with Gasteiger partial charge < -0.3 is 24.6 Å². The third-order valence-corrected chi connectivity index (χ3v) is 6.68. The third-order valence-electron chi connectivity index (χ3n) is 6.68. The van der Waals surface area contributed by atoms with Crippen LogP contribution in [0.1, 0.15) is 40.2 Å². The summed E-state index contributed by atoms with van der Waals surface area (Å²) in [7, 11) is 0. The zero-order chi connectivity index (χ0) is 24.4. The number of rotatable bonds is 9. The van der Waals surface area contributed by atoms with Crippen molar-refractivity contribution in [3.8, 4) is 22.6 Å². The van der Waals surface area contributed by atoms with Gasteiger partial charge in [-0.2, -0.15) is 0 Å². The van der Waals surface area contributed by atoms with Crippen LogP contribution in [0.5, 0.6) is 11.5 Å². The number of aliphatic carboxylic acids is 1. The van der Waals surface area contributed by atoms with Gasteiger partial charge in [0.05, 0.1) is 26.2 Å². The van der Waals surface area contributed by atoms with E-state index >= 15 is 0 Å². The molecule has 0 spiro atoms. The normalized spacial score (nSPS) is 16.9. The Bertz CT molecular complexity index is 1210. The number of hydrogen-bond donors (Lipinski definition) is 2. The number of carboxylic acid groups (broad SMARTS) is 1. The largest absolute Gasteiger partial charge is 0.493 e. The first-order valence-corrected chi connectivity index (χ1v) is 12.1. The summed E-state index contributed by atoms with van der Waals surface area (Å²) in [5, 5.41) is 12.3. The van der Waals surface area contributed by atoms with Crippen molar-refractivity contribution in [2.75, 3.05) is 19.7 Å². The fourth-order valence-electron chi connectivity index (χ4n) is 4.88. The second-order valence-corrected chi connectivity index (χ2v) is 9.50. The average Bonchev–Trinajstić information content (AvgIpc) is 3.17. The van der Waals surface area contributed by atoms with E-state index in [1.807, 2.05) is 18.2 Å².